The molecule has 1 aliphatic carbocycles. The van der Waals surface area contributed by atoms with Crippen LogP contribution in [0.15, 0.2) is 30.3 Å². The van der Waals surface area contributed by atoms with E-state index in [9.17, 15) is 5.26 Å². The maximum absolute atomic E-state index is 9.24. The highest BCUT2D eigenvalue weighted by Crippen LogP contribution is 2.26. The zero-order valence-corrected chi connectivity index (χ0v) is 10.2. The standard InChI is InChI=1S/C15H20N2/c16-11-15(14-9-5-2-6-10-14)17-12-13-7-3-1-4-8-13/h1,3-4,7-8,14-15,17H,2,5-6,9-10,12H2. The van der Waals surface area contributed by atoms with Gasteiger partial charge in [0.05, 0.1) is 12.1 Å². The molecule has 1 unspecified atom stereocenters. The maximum Gasteiger partial charge on any atom is 0.0984 e. The minimum absolute atomic E-state index is 0.0236. The lowest BCUT2D eigenvalue weighted by Gasteiger charge is -2.26. The molecule has 0 heterocycles. The molecule has 2 rings (SSSR count). The van der Waals surface area contributed by atoms with Crippen molar-refractivity contribution in [1.82, 2.24) is 5.32 Å². The number of hydrogen-bond acceptors (Lipinski definition) is 2. The molecule has 1 aromatic carbocycles. The molecule has 0 aliphatic heterocycles. The molecule has 90 valence electrons. The monoisotopic (exact) mass is 228 g/mol. The third-order valence-corrected chi connectivity index (χ3v) is 3.63. The molecule has 2 nitrogen and oxygen atoms in total. The molecule has 2 heteroatoms. The molecule has 0 bridgehead atoms. The maximum atomic E-state index is 9.24. The van der Waals surface area contributed by atoms with Crippen LogP contribution in [0.5, 0.6) is 0 Å². The van der Waals surface area contributed by atoms with Crippen molar-refractivity contribution >= 4 is 0 Å². The first-order valence-corrected chi connectivity index (χ1v) is 6.57. The van der Waals surface area contributed by atoms with Gasteiger partial charge in [-0.3, -0.25) is 5.32 Å². The quantitative estimate of drug-likeness (QED) is 0.858. The van der Waals surface area contributed by atoms with Crippen LogP contribution in [0.3, 0.4) is 0 Å². The molecule has 17 heavy (non-hydrogen) atoms. The Labute approximate surface area is 104 Å². The third kappa shape index (κ3) is 3.57. The summed E-state index contributed by atoms with van der Waals surface area (Å²) in [6, 6.07) is 12.8. The predicted molar refractivity (Wildman–Crippen MR) is 69.3 cm³/mol. The van der Waals surface area contributed by atoms with E-state index in [1.807, 2.05) is 18.2 Å². The van der Waals surface area contributed by atoms with E-state index in [1.54, 1.807) is 0 Å². The summed E-state index contributed by atoms with van der Waals surface area (Å²) in [4.78, 5) is 0. The van der Waals surface area contributed by atoms with E-state index in [4.69, 9.17) is 0 Å². The van der Waals surface area contributed by atoms with E-state index in [0.717, 1.165) is 6.54 Å². The number of nitriles is 1. The molecule has 0 aromatic heterocycles. The van der Waals surface area contributed by atoms with Crippen molar-refractivity contribution in [1.29, 1.82) is 5.26 Å². The summed E-state index contributed by atoms with van der Waals surface area (Å²) >= 11 is 0. The van der Waals surface area contributed by atoms with Crippen molar-refractivity contribution in [3.8, 4) is 6.07 Å². The van der Waals surface area contributed by atoms with Gasteiger partial charge in [0, 0.05) is 6.54 Å². The van der Waals surface area contributed by atoms with E-state index in [2.05, 4.69) is 23.5 Å². The molecule has 1 fully saturated rings. The Morgan fingerprint density at radius 2 is 1.88 bits per heavy atom. The molecule has 0 amide bonds. The van der Waals surface area contributed by atoms with Crippen LogP contribution >= 0.6 is 0 Å². The lowest BCUT2D eigenvalue weighted by Crippen LogP contribution is -2.35. The molecule has 1 saturated carbocycles. The number of benzene rings is 1. The number of rotatable bonds is 4. The van der Waals surface area contributed by atoms with Crippen LogP contribution in [0.2, 0.25) is 0 Å². The van der Waals surface area contributed by atoms with Crippen LogP contribution < -0.4 is 5.32 Å². The van der Waals surface area contributed by atoms with Crippen LogP contribution in [-0.4, -0.2) is 6.04 Å². The van der Waals surface area contributed by atoms with Crippen molar-refractivity contribution in [2.45, 2.75) is 44.7 Å². The van der Waals surface area contributed by atoms with Crippen molar-refractivity contribution < 1.29 is 0 Å². The average molecular weight is 228 g/mol. The normalized spacial score (nSPS) is 18.5. The Kier molecular flexibility index (Phi) is 4.58. The molecule has 0 radical (unpaired) electrons. The van der Waals surface area contributed by atoms with E-state index in [1.165, 1.54) is 37.7 Å². The smallest absolute Gasteiger partial charge is 0.0984 e. The summed E-state index contributed by atoms with van der Waals surface area (Å²) in [5.41, 5.74) is 1.25. The van der Waals surface area contributed by atoms with Crippen LogP contribution in [0, 0.1) is 17.2 Å². The average Bonchev–Trinajstić information content (AvgIpc) is 2.42. The van der Waals surface area contributed by atoms with Crippen molar-refractivity contribution in [2.75, 3.05) is 0 Å². The van der Waals surface area contributed by atoms with Gasteiger partial charge < -0.3 is 0 Å². The first-order chi connectivity index (χ1) is 8.40. The molecule has 0 saturated heterocycles. The molecule has 1 aromatic rings. The van der Waals surface area contributed by atoms with Crippen LogP contribution in [0.1, 0.15) is 37.7 Å². The Hall–Kier alpha value is -1.33. The van der Waals surface area contributed by atoms with Crippen LogP contribution in [0.25, 0.3) is 0 Å². The van der Waals surface area contributed by atoms with Crippen molar-refractivity contribution in [2.24, 2.45) is 5.92 Å². The third-order valence-electron chi connectivity index (χ3n) is 3.63. The van der Waals surface area contributed by atoms with E-state index in [-0.39, 0.29) is 6.04 Å². The van der Waals surface area contributed by atoms with Gasteiger partial charge in [-0.2, -0.15) is 5.26 Å². The van der Waals surface area contributed by atoms with Gasteiger partial charge in [-0.25, -0.2) is 0 Å². The van der Waals surface area contributed by atoms with Gasteiger partial charge in [-0.05, 0) is 24.3 Å². The molecular weight excluding hydrogens is 208 g/mol. The number of hydrogen-bond donors (Lipinski definition) is 1. The topological polar surface area (TPSA) is 35.8 Å². The second kappa shape index (κ2) is 6.42. The molecule has 1 atom stereocenters. The highest BCUT2D eigenvalue weighted by Gasteiger charge is 2.22. The fraction of sp³-hybridized carbons (Fsp3) is 0.533. The van der Waals surface area contributed by atoms with Gasteiger partial charge in [0.2, 0.25) is 0 Å². The van der Waals surface area contributed by atoms with E-state index in [0.29, 0.717) is 5.92 Å². The number of nitrogens with zero attached hydrogens (tertiary/aromatic N) is 1. The van der Waals surface area contributed by atoms with Gasteiger partial charge in [0.15, 0.2) is 0 Å². The lowest BCUT2D eigenvalue weighted by molar-refractivity contribution is 0.304. The predicted octanol–water partition coefficient (Wildman–Crippen LogP) is 3.25. The highest BCUT2D eigenvalue weighted by molar-refractivity contribution is 5.14. The zero-order valence-electron chi connectivity index (χ0n) is 10.2. The fourth-order valence-corrected chi connectivity index (χ4v) is 2.61. The summed E-state index contributed by atoms with van der Waals surface area (Å²) in [5, 5.41) is 12.6. The van der Waals surface area contributed by atoms with E-state index >= 15 is 0 Å². The van der Waals surface area contributed by atoms with Gasteiger partial charge in [-0.1, -0.05) is 49.6 Å². The second-order valence-corrected chi connectivity index (χ2v) is 4.87. The van der Waals surface area contributed by atoms with Gasteiger partial charge in [-0.15, -0.1) is 0 Å². The summed E-state index contributed by atoms with van der Waals surface area (Å²) in [7, 11) is 0. The van der Waals surface area contributed by atoms with E-state index < -0.39 is 0 Å². The summed E-state index contributed by atoms with van der Waals surface area (Å²) in [6.07, 6.45) is 6.33. The lowest BCUT2D eigenvalue weighted by atomic mass is 9.84. The Morgan fingerprint density at radius 3 is 2.53 bits per heavy atom. The van der Waals surface area contributed by atoms with Gasteiger partial charge in [0.25, 0.3) is 0 Å². The molecule has 1 N–H and O–H groups in total. The van der Waals surface area contributed by atoms with Crippen LogP contribution in [-0.2, 0) is 6.54 Å². The minimum atomic E-state index is 0.0236. The number of nitrogens with one attached hydrogen (secondary N) is 1. The SMILES string of the molecule is N#CC(NCc1ccccc1)C1CCCCC1. The second-order valence-electron chi connectivity index (χ2n) is 4.87. The van der Waals surface area contributed by atoms with Gasteiger partial charge >= 0.3 is 0 Å². The Balaban J connectivity index is 1.85. The molecule has 0 spiro atoms. The Morgan fingerprint density at radius 1 is 1.18 bits per heavy atom. The summed E-state index contributed by atoms with van der Waals surface area (Å²) in [6.45, 7) is 0.801. The summed E-state index contributed by atoms with van der Waals surface area (Å²) < 4.78 is 0. The largest absolute Gasteiger partial charge is 0.298 e. The molecular formula is C15H20N2. The molecule has 1 aliphatic rings. The fourth-order valence-electron chi connectivity index (χ4n) is 2.61. The first kappa shape index (κ1) is 12.1. The van der Waals surface area contributed by atoms with Crippen LogP contribution in [0.4, 0.5) is 0 Å². The Bertz CT molecular complexity index is 360. The minimum Gasteiger partial charge on any atom is -0.298 e. The summed E-state index contributed by atoms with van der Waals surface area (Å²) in [5.74, 6) is 0.553. The van der Waals surface area contributed by atoms with Crippen molar-refractivity contribution in [3.05, 3.63) is 35.9 Å². The van der Waals surface area contributed by atoms with Crippen molar-refractivity contribution in [3.63, 3.8) is 0 Å². The first-order valence-electron chi connectivity index (χ1n) is 6.57. The zero-order chi connectivity index (χ0) is 11.9. The highest BCUT2D eigenvalue weighted by atomic mass is 14.9. The van der Waals surface area contributed by atoms with Gasteiger partial charge in [0.1, 0.15) is 0 Å².